The van der Waals surface area contributed by atoms with Crippen molar-refractivity contribution in [2.75, 3.05) is 13.7 Å². The van der Waals surface area contributed by atoms with E-state index in [4.69, 9.17) is 9.15 Å². The molecule has 6 nitrogen and oxygen atoms in total. The van der Waals surface area contributed by atoms with E-state index >= 15 is 0 Å². The highest BCUT2D eigenvalue weighted by Crippen LogP contribution is 2.32. The van der Waals surface area contributed by atoms with E-state index in [-0.39, 0.29) is 24.0 Å². The number of rotatable bonds is 8. The van der Waals surface area contributed by atoms with Crippen molar-refractivity contribution in [2.24, 2.45) is 0 Å². The van der Waals surface area contributed by atoms with Gasteiger partial charge in [-0.25, -0.2) is 4.98 Å². The molecule has 0 radical (unpaired) electrons. The average molecular weight is 436 g/mol. The van der Waals surface area contributed by atoms with Crippen LogP contribution in [0.3, 0.4) is 0 Å². The maximum atomic E-state index is 13.0. The summed E-state index contributed by atoms with van der Waals surface area (Å²) in [6.07, 6.45) is 0. The van der Waals surface area contributed by atoms with Gasteiger partial charge < -0.3 is 18.8 Å². The maximum Gasteiger partial charge on any atom is 0.387 e. The van der Waals surface area contributed by atoms with Crippen LogP contribution in [0, 0.1) is 13.8 Å². The fourth-order valence-electron chi connectivity index (χ4n) is 2.88. The van der Waals surface area contributed by atoms with Crippen molar-refractivity contribution in [1.82, 2.24) is 9.88 Å². The van der Waals surface area contributed by atoms with Crippen LogP contribution >= 0.6 is 11.3 Å². The number of aromatic nitrogens is 1. The van der Waals surface area contributed by atoms with Crippen LogP contribution in [-0.2, 0) is 6.54 Å². The number of carbonyl (C=O) groups is 1. The number of aryl methyl sites for hydroxylation is 2. The number of benzene rings is 1. The molecule has 0 spiro atoms. The van der Waals surface area contributed by atoms with Gasteiger partial charge in [-0.05, 0) is 50.6 Å². The predicted octanol–water partition coefficient (Wildman–Crippen LogP) is 5.29. The summed E-state index contributed by atoms with van der Waals surface area (Å²) in [5, 5.41) is 0.643. The van der Waals surface area contributed by atoms with Gasteiger partial charge in [0.25, 0.3) is 5.91 Å². The number of ether oxygens (including phenoxy) is 2. The van der Waals surface area contributed by atoms with Gasteiger partial charge in [0.05, 0.1) is 12.3 Å². The van der Waals surface area contributed by atoms with Crippen molar-refractivity contribution in [3.8, 4) is 22.3 Å². The summed E-state index contributed by atoms with van der Waals surface area (Å²) in [6, 6.07) is 8.31. The molecule has 3 rings (SSSR count). The molecular formula is C21H22F2N2O4S. The molecule has 2 heterocycles. The normalized spacial score (nSPS) is 11.0. The van der Waals surface area contributed by atoms with Crippen molar-refractivity contribution in [3.63, 3.8) is 0 Å². The van der Waals surface area contributed by atoms with E-state index < -0.39 is 6.61 Å². The van der Waals surface area contributed by atoms with Gasteiger partial charge in [-0.3, -0.25) is 4.79 Å². The van der Waals surface area contributed by atoms with Crippen LogP contribution in [0.2, 0.25) is 0 Å². The number of alkyl halides is 2. The number of carbonyl (C=O) groups excluding carboxylic acids is 1. The van der Waals surface area contributed by atoms with E-state index in [0.717, 1.165) is 11.3 Å². The third-order valence-corrected chi connectivity index (χ3v) is 5.39. The molecule has 30 heavy (non-hydrogen) atoms. The van der Waals surface area contributed by atoms with Crippen molar-refractivity contribution in [2.45, 2.75) is 33.9 Å². The summed E-state index contributed by atoms with van der Waals surface area (Å²) in [4.78, 5) is 19.5. The number of furan rings is 1. The third-order valence-electron chi connectivity index (χ3n) is 4.23. The molecule has 9 heteroatoms. The molecule has 0 atom stereocenters. The summed E-state index contributed by atoms with van der Waals surface area (Å²) >= 11 is 1.27. The minimum absolute atomic E-state index is 0.0405. The smallest absolute Gasteiger partial charge is 0.387 e. The van der Waals surface area contributed by atoms with Gasteiger partial charge >= 0.3 is 6.61 Å². The van der Waals surface area contributed by atoms with Crippen LogP contribution in [0.5, 0.6) is 11.5 Å². The Bertz CT molecular complexity index is 1030. The minimum Gasteiger partial charge on any atom is -0.490 e. The fourth-order valence-corrected chi connectivity index (χ4v) is 3.90. The molecule has 2 aromatic heterocycles. The lowest BCUT2D eigenvalue weighted by atomic mass is 10.2. The molecule has 0 unspecified atom stereocenters. The van der Waals surface area contributed by atoms with Crippen LogP contribution in [-0.4, -0.2) is 36.1 Å². The number of thiazole rings is 1. The molecule has 0 saturated heterocycles. The quantitative estimate of drug-likeness (QED) is 0.480. The Morgan fingerprint density at radius 1 is 1.23 bits per heavy atom. The number of amides is 1. The van der Waals surface area contributed by atoms with Crippen LogP contribution < -0.4 is 9.47 Å². The third kappa shape index (κ3) is 4.96. The standard InChI is InChI=1S/C21H22F2N2O4S/c1-5-27-17-10-14(7-9-15(17)29-21(22)23)11-25(4)20(26)18-13(3)24-19(30-18)16-8-6-12(2)28-16/h6-10,21H,5,11H2,1-4H3. The van der Waals surface area contributed by atoms with Crippen molar-refractivity contribution < 1.29 is 27.5 Å². The monoisotopic (exact) mass is 436 g/mol. The second-order valence-electron chi connectivity index (χ2n) is 6.60. The zero-order valence-corrected chi connectivity index (χ0v) is 17.9. The molecule has 0 N–H and O–H groups in total. The van der Waals surface area contributed by atoms with Gasteiger partial charge in [-0.2, -0.15) is 8.78 Å². The lowest BCUT2D eigenvalue weighted by molar-refractivity contribution is -0.0514. The predicted molar refractivity (Wildman–Crippen MR) is 109 cm³/mol. The summed E-state index contributed by atoms with van der Waals surface area (Å²) in [5.74, 6) is 1.37. The Kier molecular flexibility index (Phi) is 6.71. The zero-order valence-electron chi connectivity index (χ0n) is 17.1. The highest BCUT2D eigenvalue weighted by atomic mass is 32.1. The fraction of sp³-hybridized carbons (Fsp3) is 0.333. The zero-order chi connectivity index (χ0) is 21.8. The number of hydrogen-bond donors (Lipinski definition) is 0. The first-order valence-corrected chi connectivity index (χ1v) is 10.1. The van der Waals surface area contributed by atoms with E-state index in [1.165, 1.54) is 22.3 Å². The molecule has 160 valence electrons. The van der Waals surface area contributed by atoms with E-state index in [0.29, 0.717) is 27.9 Å². The van der Waals surface area contributed by atoms with E-state index in [1.807, 2.05) is 19.1 Å². The van der Waals surface area contributed by atoms with Crippen LogP contribution in [0.4, 0.5) is 8.78 Å². The first-order valence-electron chi connectivity index (χ1n) is 9.28. The highest BCUT2D eigenvalue weighted by molar-refractivity contribution is 7.17. The van der Waals surface area contributed by atoms with E-state index in [9.17, 15) is 13.6 Å². The molecule has 0 bridgehead atoms. The summed E-state index contributed by atoms with van der Waals surface area (Å²) < 4.78 is 40.6. The van der Waals surface area contributed by atoms with Crippen LogP contribution in [0.1, 0.15) is 33.6 Å². The van der Waals surface area contributed by atoms with Crippen molar-refractivity contribution >= 4 is 17.2 Å². The lowest BCUT2D eigenvalue weighted by Crippen LogP contribution is -2.26. The van der Waals surface area contributed by atoms with Crippen LogP contribution in [0.25, 0.3) is 10.8 Å². The number of hydrogen-bond acceptors (Lipinski definition) is 6. The first-order chi connectivity index (χ1) is 14.3. The molecule has 0 aliphatic carbocycles. The summed E-state index contributed by atoms with van der Waals surface area (Å²) in [7, 11) is 1.67. The summed E-state index contributed by atoms with van der Waals surface area (Å²) in [5.41, 5.74) is 1.34. The molecule has 1 amide bonds. The van der Waals surface area contributed by atoms with E-state index in [1.54, 1.807) is 33.0 Å². The van der Waals surface area contributed by atoms with Gasteiger partial charge in [0.1, 0.15) is 10.6 Å². The highest BCUT2D eigenvalue weighted by Gasteiger charge is 2.21. The van der Waals surface area contributed by atoms with Gasteiger partial charge in [0.2, 0.25) is 0 Å². The topological polar surface area (TPSA) is 64.8 Å². The minimum atomic E-state index is -2.94. The Morgan fingerprint density at radius 2 is 2.00 bits per heavy atom. The summed E-state index contributed by atoms with van der Waals surface area (Å²) in [6.45, 7) is 2.99. The van der Waals surface area contributed by atoms with Gasteiger partial charge in [-0.1, -0.05) is 6.07 Å². The Labute approximate surface area is 177 Å². The van der Waals surface area contributed by atoms with Gasteiger partial charge in [-0.15, -0.1) is 11.3 Å². The van der Waals surface area contributed by atoms with Gasteiger partial charge in [0.15, 0.2) is 22.3 Å². The molecule has 3 aromatic rings. The maximum absolute atomic E-state index is 13.0. The molecule has 0 saturated carbocycles. The lowest BCUT2D eigenvalue weighted by Gasteiger charge is -2.18. The number of nitrogens with zero attached hydrogens (tertiary/aromatic N) is 2. The molecule has 0 aliphatic heterocycles. The van der Waals surface area contributed by atoms with Crippen molar-refractivity contribution in [1.29, 1.82) is 0 Å². The molecule has 0 aliphatic rings. The Hall–Kier alpha value is -2.94. The van der Waals surface area contributed by atoms with Gasteiger partial charge in [0, 0.05) is 13.6 Å². The molecule has 0 fully saturated rings. The average Bonchev–Trinajstić information content (AvgIpc) is 3.28. The second-order valence-corrected chi connectivity index (χ2v) is 7.60. The Balaban J connectivity index is 1.77. The first kappa shape index (κ1) is 21.8. The SMILES string of the molecule is CCOc1cc(CN(C)C(=O)c2sc(-c3ccc(C)o3)nc2C)ccc1OC(F)F. The van der Waals surface area contributed by atoms with E-state index in [2.05, 4.69) is 9.72 Å². The Morgan fingerprint density at radius 3 is 2.63 bits per heavy atom. The second kappa shape index (κ2) is 9.25. The molecule has 1 aromatic carbocycles. The number of halogens is 2. The largest absolute Gasteiger partial charge is 0.490 e. The van der Waals surface area contributed by atoms with Crippen LogP contribution in [0.15, 0.2) is 34.7 Å². The molecular weight excluding hydrogens is 414 g/mol. The van der Waals surface area contributed by atoms with Crippen molar-refractivity contribution in [3.05, 3.63) is 52.2 Å².